The van der Waals surface area contributed by atoms with Gasteiger partial charge in [-0.3, -0.25) is 9.48 Å². The highest BCUT2D eigenvalue weighted by Crippen LogP contribution is 2.17. The first-order chi connectivity index (χ1) is 11.8. The van der Waals surface area contributed by atoms with Gasteiger partial charge in [-0.25, -0.2) is 0 Å². The molecule has 0 spiro atoms. The minimum absolute atomic E-state index is 0.0136. The largest absolute Gasteiger partial charge is 0.467 e. The zero-order chi connectivity index (χ0) is 16.6. The molecule has 24 heavy (non-hydrogen) atoms. The van der Waals surface area contributed by atoms with Gasteiger partial charge in [-0.1, -0.05) is 30.3 Å². The molecule has 0 saturated carbocycles. The summed E-state index contributed by atoms with van der Waals surface area (Å²) >= 11 is 1.60. The molecule has 124 valence electrons. The van der Waals surface area contributed by atoms with E-state index in [2.05, 4.69) is 22.5 Å². The van der Waals surface area contributed by atoms with E-state index in [0.717, 1.165) is 11.5 Å². The minimum atomic E-state index is -0.141. The number of aromatic nitrogens is 2. The average Bonchev–Trinajstić information content (AvgIpc) is 3.30. The van der Waals surface area contributed by atoms with Crippen LogP contribution in [0.3, 0.4) is 0 Å². The van der Waals surface area contributed by atoms with E-state index in [4.69, 9.17) is 4.42 Å². The van der Waals surface area contributed by atoms with Crippen molar-refractivity contribution in [1.29, 1.82) is 0 Å². The number of carbonyl (C=O) groups is 1. The Morgan fingerprint density at radius 3 is 2.79 bits per heavy atom. The molecular formula is C18H19N3O2S. The number of furan rings is 1. The first-order valence-electron chi connectivity index (χ1n) is 7.74. The van der Waals surface area contributed by atoms with E-state index in [-0.39, 0.29) is 11.9 Å². The normalized spacial score (nSPS) is 12.0. The van der Waals surface area contributed by atoms with Crippen LogP contribution in [-0.4, -0.2) is 28.0 Å². The Labute approximate surface area is 145 Å². The van der Waals surface area contributed by atoms with Crippen molar-refractivity contribution in [3.8, 4) is 0 Å². The third-order valence-electron chi connectivity index (χ3n) is 3.55. The molecule has 2 aromatic heterocycles. The van der Waals surface area contributed by atoms with Gasteiger partial charge in [0.05, 0.1) is 12.0 Å². The zero-order valence-corrected chi connectivity index (χ0v) is 14.0. The maximum atomic E-state index is 12.1. The Kier molecular flexibility index (Phi) is 5.74. The molecule has 1 aromatic carbocycles. The number of nitrogens with zero attached hydrogens (tertiary/aromatic N) is 2. The smallest absolute Gasteiger partial charge is 0.230 e. The summed E-state index contributed by atoms with van der Waals surface area (Å²) in [7, 11) is 0. The highest BCUT2D eigenvalue weighted by atomic mass is 32.2. The van der Waals surface area contributed by atoms with Gasteiger partial charge < -0.3 is 9.73 Å². The summed E-state index contributed by atoms with van der Waals surface area (Å²) in [5.41, 5.74) is 1.22. The molecule has 3 rings (SSSR count). The van der Waals surface area contributed by atoms with Crippen LogP contribution < -0.4 is 5.32 Å². The summed E-state index contributed by atoms with van der Waals surface area (Å²) < 4.78 is 7.26. The van der Waals surface area contributed by atoms with Crippen LogP contribution in [-0.2, 0) is 10.5 Å². The van der Waals surface area contributed by atoms with E-state index in [1.54, 1.807) is 28.9 Å². The molecule has 2 heterocycles. The summed E-state index contributed by atoms with van der Waals surface area (Å²) in [4.78, 5) is 12.1. The Bertz CT molecular complexity index is 693. The molecule has 0 aliphatic heterocycles. The lowest BCUT2D eigenvalue weighted by Gasteiger charge is -2.16. The lowest BCUT2D eigenvalue weighted by Crippen LogP contribution is -2.32. The fourth-order valence-electron chi connectivity index (χ4n) is 2.37. The van der Waals surface area contributed by atoms with Crippen LogP contribution in [0.25, 0.3) is 0 Å². The van der Waals surface area contributed by atoms with Gasteiger partial charge in [-0.05, 0) is 23.8 Å². The number of carbonyl (C=O) groups excluding carboxylic acids is 1. The van der Waals surface area contributed by atoms with Gasteiger partial charge in [0.1, 0.15) is 11.8 Å². The topological polar surface area (TPSA) is 60.1 Å². The van der Waals surface area contributed by atoms with Gasteiger partial charge in [0.2, 0.25) is 5.91 Å². The quantitative estimate of drug-likeness (QED) is 0.684. The van der Waals surface area contributed by atoms with Crippen molar-refractivity contribution in [2.24, 2.45) is 0 Å². The second-order valence-corrected chi connectivity index (χ2v) is 6.29. The van der Waals surface area contributed by atoms with Crippen LogP contribution in [0.15, 0.2) is 71.6 Å². The molecule has 3 aromatic rings. The summed E-state index contributed by atoms with van der Waals surface area (Å²) in [5.74, 6) is 2.05. The Morgan fingerprint density at radius 1 is 1.21 bits per heavy atom. The summed E-state index contributed by atoms with van der Waals surface area (Å²) in [6.45, 7) is 0.444. The fraction of sp³-hybridized carbons (Fsp3) is 0.222. The van der Waals surface area contributed by atoms with Crippen molar-refractivity contribution in [3.05, 3.63) is 78.5 Å². The van der Waals surface area contributed by atoms with Crippen molar-refractivity contribution >= 4 is 17.7 Å². The second kappa shape index (κ2) is 8.40. The standard InChI is InChI=1S/C18H19N3O2S/c22-18(14-24-13-15-6-2-1-3-7-15)19-12-16(17-8-4-11-23-17)21-10-5-9-20-21/h1-11,16H,12-14H2,(H,19,22). The molecule has 0 bridgehead atoms. The Morgan fingerprint density at radius 2 is 2.08 bits per heavy atom. The van der Waals surface area contributed by atoms with Crippen LogP contribution in [0, 0.1) is 0 Å². The molecule has 6 heteroatoms. The molecule has 0 aliphatic rings. The van der Waals surface area contributed by atoms with Crippen molar-refractivity contribution in [3.63, 3.8) is 0 Å². The van der Waals surface area contributed by atoms with Crippen LogP contribution >= 0.6 is 11.8 Å². The van der Waals surface area contributed by atoms with Gasteiger partial charge in [-0.15, -0.1) is 11.8 Å². The molecule has 0 saturated heterocycles. The lowest BCUT2D eigenvalue weighted by atomic mass is 10.2. The molecule has 1 atom stereocenters. The van der Waals surface area contributed by atoms with Crippen LogP contribution in [0.5, 0.6) is 0 Å². The summed E-state index contributed by atoms with van der Waals surface area (Å²) in [5, 5.41) is 7.22. The maximum absolute atomic E-state index is 12.1. The SMILES string of the molecule is O=C(CSCc1ccccc1)NCC(c1ccco1)n1cccn1. The maximum Gasteiger partial charge on any atom is 0.230 e. The highest BCUT2D eigenvalue weighted by Gasteiger charge is 2.17. The molecule has 0 aliphatic carbocycles. The van der Waals surface area contributed by atoms with E-state index in [0.29, 0.717) is 12.3 Å². The van der Waals surface area contributed by atoms with E-state index in [1.807, 2.05) is 42.6 Å². The Balaban J connectivity index is 1.49. The summed E-state index contributed by atoms with van der Waals surface area (Å²) in [6, 6.07) is 15.6. The van der Waals surface area contributed by atoms with Crippen molar-refractivity contribution in [2.75, 3.05) is 12.3 Å². The number of hydrogen-bond donors (Lipinski definition) is 1. The molecular weight excluding hydrogens is 322 g/mol. The van der Waals surface area contributed by atoms with Crippen molar-refractivity contribution in [1.82, 2.24) is 15.1 Å². The average molecular weight is 341 g/mol. The molecule has 0 fully saturated rings. The van der Waals surface area contributed by atoms with Crippen LogP contribution in [0.4, 0.5) is 0 Å². The zero-order valence-electron chi connectivity index (χ0n) is 13.2. The van der Waals surface area contributed by atoms with E-state index < -0.39 is 0 Å². The monoisotopic (exact) mass is 341 g/mol. The summed E-state index contributed by atoms with van der Waals surface area (Å²) in [6.07, 6.45) is 5.21. The van der Waals surface area contributed by atoms with Gasteiger partial charge >= 0.3 is 0 Å². The van der Waals surface area contributed by atoms with Crippen molar-refractivity contribution < 1.29 is 9.21 Å². The molecule has 0 radical (unpaired) electrons. The number of amides is 1. The van der Waals surface area contributed by atoms with Gasteiger partial charge in [0.25, 0.3) is 0 Å². The van der Waals surface area contributed by atoms with Gasteiger partial charge in [0.15, 0.2) is 0 Å². The second-order valence-electron chi connectivity index (χ2n) is 5.30. The highest BCUT2D eigenvalue weighted by molar-refractivity contribution is 7.99. The van der Waals surface area contributed by atoms with Crippen LogP contribution in [0.1, 0.15) is 17.4 Å². The predicted octanol–water partition coefficient (Wildman–Crippen LogP) is 3.12. The van der Waals surface area contributed by atoms with E-state index in [9.17, 15) is 4.79 Å². The molecule has 1 unspecified atom stereocenters. The number of rotatable bonds is 8. The third-order valence-corrected chi connectivity index (χ3v) is 4.56. The van der Waals surface area contributed by atoms with Crippen molar-refractivity contribution in [2.45, 2.75) is 11.8 Å². The van der Waals surface area contributed by atoms with E-state index >= 15 is 0 Å². The minimum Gasteiger partial charge on any atom is -0.467 e. The number of hydrogen-bond acceptors (Lipinski definition) is 4. The number of nitrogens with one attached hydrogen (secondary N) is 1. The molecule has 1 amide bonds. The lowest BCUT2D eigenvalue weighted by molar-refractivity contribution is -0.118. The van der Waals surface area contributed by atoms with Gasteiger partial charge in [0, 0.05) is 24.7 Å². The first kappa shape index (κ1) is 16.4. The number of thioether (sulfide) groups is 1. The third kappa shape index (κ3) is 4.52. The van der Waals surface area contributed by atoms with Gasteiger partial charge in [-0.2, -0.15) is 5.10 Å². The molecule has 5 nitrogen and oxygen atoms in total. The first-order valence-corrected chi connectivity index (χ1v) is 8.89. The predicted molar refractivity (Wildman–Crippen MR) is 94.7 cm³/mol. The number of benzene rings is 1. The Hall–Kier alpha value is -2.47. The fourth-order valence-corrected chi connectivity index (χ4v) is 3.19. The molecule has 1 N–H and O–H groups in total. The van der Waals surface area contributed by atoms with Crippen LogP contribution in [0.2, 0.25) is 0 Å². The van der Waals surface area contributed by atoms with E-state index in [1.165, 1.54) is 5.56 Å².